The molecule has 0 saturated carbocycles. The van der Waals surface area contributed by atoms with Crippen LogP contribution < -0.4 is 5.73 Å². The van der Waals surface area contributed by atoms with Crippen LogP contribution in [0, 0.1) is 0 Å². The third-order valence-corrected chi connectivity index (χ3v) is 1.89. The first-order chi connectivity index (χ1) is 7.27. The van der Waals surface area contributed by atoms with Crippen LogP contribution >= 0.6 is 0 Å². The average molecular weight is 211 g/mol. The molecule has 0 spiro atoms. The topological polar surface area (TPSA) is 70.1 Å². The standard InChI is InChI=1S/C10H17N3O2/c1-2-5-15-7-10(14)9-6-13(4-3-11)8-12-9/h6,8H,2-5,7,11H2,1H3. The summed E-state index contributed by atoms with van der Waals surface area (Å²) in [4.78, 5) is 15.5. The molecular weight excluding hydrogens is 194 g/mol. The number of ketones is 1. The summed E-state index contributed by atoms with van der Waals surface area (Å²) in [6, 6.07) is 0. The summed E-state index contributed by atoms with van der Waals surface area (Å²) in [6.07, 6.45) is 4.22. The number of rotatable bonds is 7. The van der Waals surface area contributed by atoms with Gasteiger partial charge in [0.2, 0.25) is 5.78 Å². The Morgan fingerprint density at radius 3 is 3.13 bits per heavy atom. The zero-order chi connectivity index (χ0) is 11.1. The maximum Gasteiger partial charge on any atom is 0.208 e. The van der Waals surface area contributed by atoms with Gasteiger partial charge in [-0.15, -0.1) is 0 Å². The summed E-state index contributed by atoms with van der Waals surface area (Å²) < 4.78 is 6.94. The number of carbonyl (C=O) groups is 1. The summed E-state index contributed by atoms with van der Waals surface area (Å²) in [5.74, 6) is -0.0841. The summed E-state index contributed by atoms with van der Waals surface area (Å²) in [5.41, 5.74) is 5.83. The van der Waals surface area contributed by atoms with E-state index in [1.54, 1.807) is 17.1 Å². The van der Waals surface area contributed by atoms with Crippen molar-refractivity contribution < 1.29 is 9.53 Å². The molecule has 0 aromatic carbocycles. The van der Waals surface area contributed by atoms with Crippen molar-refractivity contribution >= 4 is 5.78 Å². The van der Waals surface area contributed by atoms with Crippen molar-refractivity contribution in [2.75, 3.05) is 19.8 Å². The lowest BCUT2D eigenvalue weighted by Crippen LogP contribution is -2.10. The number of nitrogens with two attached hydrogens (primary N) is 1. The SMILES string of the molecule is CCCOCC(=O)c1cn(CCN)cn1. The van der Waals surface area contributed by atoms with Gasteiger partial charge in [-0.3, -0.25) is 4.79 Å². The molecule has 5 heteroatoms. The third kappa shape index (κ3) is 3.81. The highest BCUT2D eigenvalue weighted by atomic mass is 16.5. The largest absolute Gasteiger partial charge is 0.373 e. The fourth-order valence-corrected chi connectivity index (χ4v) is 1.16. The van der Waals surface area contributed by atoms with Gasteiger partial charge in [0, 0.05) is 25.9 Å². The van der Waals surface area contributed by atoms with Gasteiger partial charge >= 0.3 is 0 Å². The molecule has 1 aromatic rings. The van der Waals surface area contributed by atoms with Crippen molar-refractivity contribution in [3.05, 3.63) is 18.2 Å². The molecule has 0 aliphatic carbocycles. The lowest BCUT2D eigenvalue weighted by molar-refractivity contribution is 0.0757. The zero-order valence-corrected chi connectivity index (χ0v) is 8.98. The summed E-state index contributed by atoms with van der Waals surface area (Å²) in [7, 11) is 0. The highest BCUT2D eigenvalue weighted by molar-refractivity contribution is 5.95. The van der Waals surface area contributed by atoms with Crippen molar-refractivity contribution in [1.82, 2.24) is 9.55 Å². The predicted octanol–water partition coefficient (Wildman–Crippen LogP) is 0.451. The van der Waals surface area contributed by atoms with E-state index in [4.69, 9.17) is 10.5 Å². The molecule has 0 aliphatic heterocycles. The van der Waals surface area contributed by atoms with Gasteiger partial charge in [-0.25, -0.2) is 4.98 Å². The Morgan fingerprint density at radius 2 is 2.47 bits per heavy atom. The second kappa shape index (κ2) is 6.31. The molecule has 1 rings (SSSR count). The van der Waals surface area contributed by atoms with Crippen LogP contribution in [0.5, 0.6) is 0 Å². The summed E-state index contributed by atoms with van der Waals surface area (Å²) in [5, 5.41) is 0. The van der Waals surface area contributed by atoms with Gasteiger partial charge in [-0.2, -0.15) is 0 Å². The second-order valence-corrected chi connectivity index (χ2v) is 3.26. The maximum absolute atomic E-state index is 11.5. The number of carbonyl (C=O) groups excluding carboxylic acids is 1. The molecule has 0 saturated heterocycles. The maximum atomic E-state index is 11.5. The fraction of sp³-hybridized carbons (Fsp3) is 0.600. The van der Waals surface area contributed by atoms with Gasteiger partial charge in [-0.05, 0) is 6.42 Å². The Labute approximate surface area is 89.2 Å². The first kappa shape index (κ1) is 11.9. The van der Waals surface area contributed by atoms with E-state index in [1.165, 1.54) is 0 Å². The molecule has 5 nitrogen and oxygen atoms in total. The van der Waals surface area contributed by atoms with Crippen LogP contribution in [0.2, 0.25) is 0 Å². The van der Waals surface area contributed by atoms with E-state index in [2.05, 4.69) is 4.98 Å². The van der Waals surface area contributed by atoms with Gasteiger partial charge in [0.05, 0.1) is 6.33 Å². The van der Waals surface area contributed by atoms with Crippen molar-refractivity contribution in [2.24, 2.45) is 5.73 Å². The molecule has 2 N–H and O–H groups in total. The lowest BCUT2D eigenvalue weighted by atomic mass is 10.3. The summed E-state index contributed by atoms with van der Waals surface area (Å²) in [6.45, 7) is 3.93. The molecule has 0 atom stereocenters. The molecule has 1 aromatic heterocycles. The van der Waals surface area contributed by atoms with Crippen LogP contribution in [0.1, 0.15) is 23.8 Å². The minimum atomic E-state index is -0.0841. The van der Waals surface area contributed by atoms with Crippen LogP contribution in [0.4, 0.5) is 0 Å². The lowest BCUT2D eigenvalue weighted by Gasteiger charge is -1.99. The highest BCUT2D eigenvalue weighted by Gasteiger charge is 2.08. The Bertz CT molecular complexity index is 309. The monoisotopic (exact) mass is 211 g/mol. The predicted molar refractivity (Wildman–Crippen MR) is 56.7 cm³/mol. The third-order valence-electron chi connectivity index (χ3n) is 1.89. The van der Waals surface area contributed by atoms with Gasteiger partial charge in [0.1, 0.15) is 12.3 Å². The van der Waals surface area contributed by atoms with E-state index in [9.17, 15) is 4.79 Å². The van der Waals surface area contributed by atoms with E-state index in [-0.39, 0.29) is 12.4 Å². The minimum Gasteiger partial charge on any atom is -0.373 e. The number of imidazole rings is 1. The van der Waals surface area contributed by atoms with E-state index in [0.29, 0.717) is 25.4 Å². The molecule has 0 radical (unpaired) electrons. The van der Waals surface area contributed by atoms with Gasteiger partial charge in [0.15, 0.2) is 0 Å². The quantitative estimate of drug-likeness (QED) is 0.525. The van der Waals surface area contributed by atoms with Crippen molar-refractivity contribution in [3.63, 3.8) is 0 Å². The summed E-state index contributed by atoms with van der Waals surface area (Å²) >= 11 is 0. The minimum absolute atomic E-state index is 0.0841. The number of ether oxygens (including phenoxy) is 1. The second-order valence-electron chi connectivity index (χ2n) is 3.26. The van der Waals surface area contributed by atoms with Crippen molar-refractivity contribution in [1.29, 1.82) is 0 Å². The molecule has 0 unspecified atom stereocenters. The van der Waals surface area contributed by atoms with Crippen molar-refractivity contribution in [2.45, 2.75) is 19.9 Å². The molecule has 0 amide bonds. The van der Waals surface area contributed by atoms with Gasteiger partial charge < -0.3 is 15.0 Å². The molecule has 15 heavy (non-hydrogen) atoms. The van der Waals surface area contributed by atoms with Crippen LogP contribution in [0.15, 0.2) is 12.5 Å². The average Bonchev–Trinajstić information content (AvgIpc) is 2.67. The smallest absolute Gasteiger partial charge is 0.208 e. The Hall–Kier alpha value is -1.20. The van der Waals surface area contributed by atoms with E-state index in [1.807, 2.05) is 6.92 Å². The number of hydrogen-bond donors (Lipinski definition) is 1. The van der Waals surface area contributed by atoms with E-state index in [0.717, 1.165) is 6.42 Å². The first-order valence-corrected chi connectivity index (χ1v) is 5.10. The molecule has 84 valence electrons. The van der Waals surface area contributed by atoms with Crippen LogP contribution in [0.25, 0.3) is 0 Å². The van der Waals surface area contributed by atoms with Crippen LogP contribution in [-0.2, 0) is 11.3 Å². The molecule has 0 aliphatic rings. The molecule has 0 bridgehead atoms. The number of nitrogens with zero attached hydrogens (tertiary/aromatic N) is 2. The molecule has 1 heterocycles. The van der Waals surface area contributed by atoms with Gasteiger partial charge in [0.25, 0.3) is 0 Å². The van der Waals surface area contributed by atoms with E-state index < -0.39 is 0 Å². The Balaban J connectivity index is 2.43. The number of hydrogen-bond acceptors (Lipinski definition) is 4. The molecule has 0 fully saturated rings. The normalized spacial score (nSPS) is 10.5. The number of Topliss-reactive ketones (excluding diaryl/α,β-unsaturated/α-hetero) is 1. The van der Waals surface area contributed by atoms with Crippen LogP contribution in [0.3, 0.4) is 0 Å². The number of aromatic nitrogens is 2. The van der Waals surface area contributed by atoms with Gasteiger partial charge in [-0.1, -0.05) is 6.92 Å². The molecular formula is C10H17N3O2. The Morgan fingerprint density at radius 1 is 1.67 bits per heavy atom. The van der Waals surface area contributed by atoms with Crippen molar-refractivity contribution in [3.8, 4) is 0 Å². The van der Waals surface area contributed by atoms with E-state index >= 15 is 0 Å². The zero-order valence-electron chi connectivity index (χ0n) is 8.98. The van der Waals surface area contributed by atoms with Crippen LogP contribution in [-0.4, -0.2) is 35.1 Å². The highest BCUT2D eigenvalue weighted by Crippen LogP contribution is 1.98. The fourth-order valence-electron chi connectivity index (χ4n) is 1.16. The first-order valence-electron chi connectivity index (χ1n) is 5.10. The Kier molecular flexibility index (Phi) is 5.00.